The molecular weight excluding hydrogens is 379 g/mol. The number of alkyl halides is 1. The predicted octanol–water partition coefficient (Wildman–Crippen LogP) is 5.58. The van der Waals surface area contributed by atoms with Crippen molar-refractivity contribution in [1.29, 1.82) is 0 Å². The predicted molar refractivity (Wildman–Crippen MR) is 82.6 cm³/mol. The molecule has 2 aromatic rings. The van der Waals surface area contributed by atoms with Gasteiger partial charge in [-0.25, -0.2) is 0 Å². The van der Waals surface area contributed by atoms with Crippen LogP contribution < -0.4 is 4.74 Å². The van der Waals surface area contributed by atoms with Crippen molar-refractivity contribution < 1.29 is 4.74 Å². The van der Waals surface area contributed by atoms with E-state index in [-0.39, 0.29) is 0 Å². The average Bonchev–Trinajstić information content (AvgIpc) is 2.39. The van der Waals surface area contributed by atoms with E-state index in [1.807, 2.05) is 42.5 Å². The molecule has 0 aromatic heterocycles. The van der Waals surface area contributed by atoms with Crippen molar-refractivity contribution >= 4 is 43.5 Å². The highest BCUT2D eigenvalue weighted by Crippen LogP contribution is 2.30. The number of hydrogen-bond donors (Lipinski definition) is 0. The molecule has 94 valence electrons. The lowest BCUT2D eigenvalue weighted by Crippen LogP contribution is -1.98. The molecule has 0 unspecified atom stereocenters. The summed E-state index contributed by atoms with van der Waals surface area (Å²) in [5.74, 6) is 0.749. The summed E-state index contributed by atoms with van der Waals surface area (Å²) in [6.45, 7) is 0.511. The molecule has 0 radical (unpaired) electrons. The Balaban J connectivity index is 2.12. The van der Waals surface area contributed by atoms with Gasteiger partial charge in [0.2, 0.25) is 0 Å². The van der Waals surface area contributed by atoms with E-state index in [2.05, 4.69) is 31.9 Å². The van der Waals surface area contributed by atoms with Gasteiger partial charge >= 0.3 is 0 Å². The van der Waals surface area contributed by atoms with E-state index in [1.165, 1.54) is 0 Å². The van der Waals surface area contributed by atoms with Gasteiger partial charge in [-0.2, -0.15) is 0 Å². The molecule has 0 aliphatic carbocycles. The lowest BCUT2D eigenvalue weighted by Gasteiger charge is -2.11. The number of rotatable bonds is 4. The van der Waals surface area contributed by atoms with E-state index in [4.69, 9.17) is 16.3 Å². The molecule has 0 amide bonds. The Bertz CT molecular complexity index is 526. The lowest BCUT2D eigenvalue weighted by atomic mass is 10.2. The number of para-hydroxylation sites is 1. The Morgan fingerprint density at radius 1 is 1.06 bits per heavy atom. The Kier molecular flexibility index (Phi) is 5.10. The van der Waals surface area contributed by atoms with Gasteiger partial charge in [0, 0.05) is 15.4 Å². The SMILES string of the molecule is Clc1cccc(CBr)c1OCc1ccc(Br)cc1. The molecule has 0 aliphatic heterocycles. The highest BCUT2D eigenvalue weighted by atomic mass is 79.9. The second-order valence-corrected chi connectivity index (χ2v) is 5.66. The van der Waals surface area contributed by atoms with Crippen LogP contribution in [0.15, 0.2) is 46.9 Å². The first-order chi connectivity index (χ1) is 8.70. The summed E-state index contributed by atoms with van der Waals surface area (Å²) in [4.78, 5) is 0. The summed E-state index contributed by atoms with van der Waals surface area (Å²) in [7, 11) is 0. The molecule has 0 fully saturated rings. The third-order valence-corrected chi connectivity index (χ3v) is 3.92. The second kappa shape index (κ2) is 6.60. The van der Waals surface area contributed by atoms with Crippen LogP contribution >= 0.6 is 43.5 Å². The molecule has 0 bridgehead atoms. The number of benzene rings is 2. The van der Waals surface area contributed by atoms with Crippen molar-refractivity contribution in [3.05, 3.63) is 63.1 Å². The summed E-state index contributed by atoms with van der Waals surface area (Å²) in [6.07, 6.45) is 0. The van der Waals surface area contributed by atoms with Crippen LogP contribution in [0.25, 0.3) is 0 Å². The van der Waals surface area contributed by atoms with Crippen LogP contribution in [0.1, 0.15) is 11.1 Å². The summed E-state index contributed by atoms with van der Waals surface area (Å²) >= 11 is 13.0. The maximum Gasteiger partial charge on any atom is 0.142 e. The maximum atomic E-state index is 6.15. The maximum absolute atomic E-state index is 6.15. The van der Waals surface area contributed by atoms with Gasteiger partial charge in [0.25, 0.3) is 0 Å². The van der Waals surface area contributed by atoms with Crippen LogP contribution in [-0.2, 0) is 11.9 Å². The first-order valence-corrected chi connectivity index (χ1v) is 7.70. The zero-order valence-electron chi connectivity index (χ0n) is 9.50. The summed E-state index contributed by atoms with van der Waals surface area (Å²) in [5.41, 5.74) is 2.17. The molecule has 2 rings (SSSR count). The van der Waals surface area contributed by atoms with E-state index < -0.39 is 0 Å². The van der Waals surface area contributed by atoms with Gasteiger partial charge in [0.05, 0.1) is 5.02 Å². The minimum Gasteiger partial charge on any atom is -0.487 e. The van der Waals surface area contributed by atoms with Gasteiger partial charge in [-0.05, 0) is 23.8 Å². The van der Waals surface area contributed by atoms with E-state index in [9.17, 15) is 0 Å². The third kappa shape index (κ3) is 3.50. The van der Waals surface area contributed by atoms with Crippen LogP contribution in [0, 0.1) is 0 Å². The molecule has 0 saturated carbocycles. The van der Waals surface area contributed by atoms with Crippen LogP contribution in [0.5, 0.6) is 5.75 Å². The van der Waals surface area contributed by atoms with Gasteiger partial charge in [0.15, 0.2) is 0 Å². The van der Waals surface area contributed by atoms with E-state index in [1.54, 1.807) is 0 Å². The monoisotopic (exact) mass is 388 g/mol. The average molecular weight is 391 g/mol. The summed E-state index contributed by atoms with van der Waals surface area (Å²) in [6, 6.07) is 13.8. The number of halogens is 3. The number of ether oxygens (including phenoxy) is 1. The summed E-state index contributed by atoms with van der Waals surface area (Å²) < 4.78 is 6.87. The molecule has 0 aliphatic rings. The van der Waals surface area contributed by atoms with Crippen LogP contribution in [-0.4, -0.2) is 0 Å². The van der Waals surface area contributed by atoms with Gasteiger partial charge in [-0.1, -0.05) is 67.7 Å². The fraction of sp³-hybridized carbons (Fsp3) is 0.143. The zero-order valence-corrected chi connectivity index (χ0v) is 13.4. The largest absolute Gasteiger partial charge is 0.487 e. The minimum absolute atomic E-state index is 0.511. The number of hydrogen-bond acceptors (Lipinski definition) is 1. The standard InChI is InChI=1S/C14H11Br2ClO/c15-8-11-2-1-3-13(17)14(11)18-9-10-4-6-12(16)7-5-10/h1-7H,8-9H2. The van der Waals surface area contributed by atoms with Crippen molar-refractivity contribution in [2.24, 2.45) is 0 Å². The molecule has 0 heterocycles. The molecule has 0 N–H and O–H groups in total. The molecule has 4 heteroatoms. The van der Waals surface area contributed by atoms with Crippen molar-refractivity contribution in [2.75, 3.05) is 0 Å². The molecule has 0 saturated heterocycles. The smallest absolute Gasteiger partial charge is 0.142 e. The molecule has 0 spiro atoms. The Hall–Kier alpha value is -0.510. The van der Waals surface area contributed by atoms with Crippen molar-refractivity contribution in [1.82, 2.24) is 0 Å². The highest BCUT2D eigenvalue weighted by Gasteiger charge is 2.07. The van der Waals surface area contributed by atoms with Crippen LogP contribution in [0.3, 0.4) is 0 Å². The fourth-order valence-electron chi connectivity index (χ4n) is 1.56. The normalized spacial score (nSPS) is 10.4. The van der Waals surface area contributed by atoms with Crippen molar-refractivity contribution in [3.63, 3.8) is 0 Å². The molecular formula is C14H11Br2ClO. The Morgan fingerprint density at radius 3 is 2.44 bits per heavy atom. The lowest BCUT2D eigenvalue weighted by molar-refractivity contribution is 0.304. The fourth-order valence-corrected chi connectivity index (χ4v) is 2.51. The Morgan fingerprint density at radius 2 is 1.78 bits per heavy atom. The second-order valence-electron chi connectivity index (χ2n) is 3.78. The quantitative estimate of drug-likeness (QED) is 0.620. The first kappa shape index (κ1) is 13.9. The van der Waals surface area contributed by atoms with Gasteiger partial charge < -0.3 is 4.74 Å². The molecule has 1 nitrogen and oxygen atoms in total. The minimum atomic E-state index is 0.511. The molecule has 18 heavy (non-hydrogen) atoms. The van der Waals surface area contributed by atoms with Gasteiger partial charge in [-0.3, -0.25) is 0 Å². The highest BCUT2D eigenvalue weighted by molar-refractivity contribution is 9.10. The van der Waals surface area contributed by atoms with E-state index in [0.29, 0.717) is 11.6 Å². The van der Waals surface area contributed by atoms with Crippen LogP contribution in [0.4, 0.5) is 0 Å². The van der Waals surface area contributed by atoms with E-state index >= 15 is 0 Å². The third-order valence-electron chi connectivity index (χ3n) is 2.49. The van der Waals surface area contributed by atoms with Crippen molar-refractivity contribution in [2.45, 2.75) is 11.9 Å². The first-order valence-electron chi connectivity index (χ1n) is 5.41. The van der Waals surface area contributed by atoms with Crippen LogP contribution in [0.2, 0.25) is 5.02 Å². The van der Waals surface area contributed by atoms with Gasteiger partial charge in [-0.15, -0.1) is 0 Å². The molecule has 2 aromatic carbocycles. The zero-order chi connectivity index (χ0) is 13.0. The molecule has 0 atom stereocenters. The van der Waals surface area contributed by atoms with E-state index in [0.717, 1.165) is 26.7 Å². The topological polar surface area (TPSA) is 9.23 Å². The van der Waals surface area contributed by atoms with Crippen molar-refractivity contribution in [3.8, 4) is 5.75 Å². The summed E-state index contributed by atoms with van der Waals surface area (Å²) in [5, 5.41) is 1.37. The van der Waals surface area contributed by atoms with Gasteiger partial charge in [0.1, 0.15) is 12.4 Å². The Labute approximate surface area is 128 Å².